The van der Waals surface area contributed by atoms with Crippen LogP contribution >= 0.6 is 0 Å². The Hall–Kier alpha value is -1.57. The molecule has 0 aliphatic carbocycles. The van der Waals surface area contributed by atoms with Gasteiger partial charge < -0.3 is 4.74 Å². The molecule has 1 rings (SSSR count). The fourth-order valence-electron chi connectivity index (χ4n) is 1.08. The summed E-state index contributed by atoms with van der Waals surface area (Å²) >= 11 is 0. The van der Waals surface area contributed by atoms with Gasteiger partial charge in [0.2, 0.25) is 0 Å². The number of hydrogen-bond acceptors (Lipinski definition) is 2. The first-order valence-electron chi connectivity index (χ1n) is 5.03. The van der Waals surface area contributed by atoms with Crippen molar-refractivity contribution in [3.05, 3.63) is 42.0 Å². The summed E-state index contributed by atoms with van der Waals surface area (Å²) in [5, 5.41) is 0. The van der Waals surface area contributed by atoms with Crippen molar-refractivity contribution in [1.29, 1.82) is 0 Å². The van der Waals surface area contributed by atoms with Crippen LogP contribution in [0, 0.1) is 5.92 Å². The Morgan fingerprint density at radius 2 is 2.00 bits per heavy atom. The first-order valence-corrected chi connectivity index (χ1v) is 5.03. The number of rotatable bonds is 4. The molecule has 0 saturated carbocycles. The van der Waals surface area contributed by atoms with Gasteiger partial charge in [-0.2, -0.15) is 0 Å². The molecule has 0 spiro atoms. The minimum Gasteiger partial charge on any atom is -0.462 e. The molecule has 2 nitrogen and oxygen atoms in total. The predicted molar refractivity (Wildman–Crippen MR) is 61.7 cm³/mol. The van der Waals surface area contributed by atoms with E-state index in [9.17, 15) is 4.79 Å². The van der Waals surface area contributed by atoms with Crippen molar-refractivity contribution in [3.8, 4) is 0 Å². The van der Waals surface area contributed by atoms with E-state index in [2.05, 4.69) is 6.58 Å². The molecule has 0 bridgehead atoms. The molecule has 1 aromatic rings. The van der Waals surface area contributed by atoms with Crippen LogP contribution in [0.15, 0.2) is 30.8 Å². The zero-order valence-corrected chi connectivity index (χ0v) is 9.19. The zero-order chi connectivity index (χ0) is 11.3. The normalized spacial score (nSPS) is 10.1. The van der Waals surface area contributed by atoms with Crippen LogP contribution < -0.4 is 0 Å². The topological polar surface area (TPSA) is 26.3 Å². The highest BCUT2D eigenvalue weighted by atomic mass is 16.5. The fraction of sp³-hybridized carbons (Fsp3) is 0.308. The minimum absolute atomic E-state index is 0.265. The van der Waals surface area contributed by atoms with Gasteiger partial charge in [0.1, 0.15) is 0 Å². The maximum absolute atomic E-state index is 11.5. The van der Waals surface area contributed by atoms with Gasteiger partial charge in [0.15, 0.2) is 0 Å². The second-order valence-electron chi connectivity index (χ2n) is 3.82. The number of carbonyl (C=O) groups is 1. The van der Waals surface area contributed by atoms with E-state index in [1.807, 2.05) is 26.0 Å². The van der Waals surface area contributed by atoms with E-state index < -0.39 is 0 Å². The van der Waals surface area contributed by atoms with Crippen molar-refractivity contribution < 1.29 is 9.53 Å². The van der Waals surface area contributed by atoms with Gasteiger partial charge >= 0.3 is 5.97 Å². The Morgan fingerprint density at radius 1 is 1.40 bits per heavy atom. The Morgan fingerprint density at radius 3 is 2.47 bits per heavy atom. The average molecular weight is 204 g/mol. The molecule has 1 aromatic carbocycles. The largest absolute Gasteiger partial charge is 0.462 e. The zero-order valence-electron chi connectivity index (χ0n) is 9.19. The number of esters is 1. The van der Waals surface area contributed by atoms with Crippen molar-refractivity contribution in [1.82, 2.24) is 0 Å². The molecule has 80 valence electrons. The summed E-state index contributed by atoms with van der Waals surface area (Å²) in [7, 11) is 0. The predicted octanol–water partition coefficient (Wildman–Crippen LogP) is 3.14. The highest BCUT2D eigenvalue weighted by Crippen LogP contribution is 2.07. The van der Waals surface area contributed by atoms with Crippen molar-refractivity contribution in [2.45, 2.75) is 13.8 Å². The van der Waals surface area contributed by atoms with E-state index in [1.54, 1.807) is 18.2 Å². The summed E-state index contributed by atoms with van der Waals surface area (Å²) in [5.74, 6) is 0.0979. The number of ether oxygens (including phenoxy) is 1. The summed E-state index contributed by atoms with van der Waals surface area (Å²) in [5.41, 5.74) is 1.58. The summed E-state index contributed by atoms with van der Waals surface area (Å²) in [6, 6.07) is 7.19. The molecule has 0 amide bonds. The van der Waals surface area contributed by atoms with Gasteiger partial charge in [-0.05, 0) is 23.6 Å². The molecule has 0 N–H and O–H groups in total. The van der Waals surface area contributed by atoms with E-state index in [-0.39, 0.29) is 5.97 Å². The Balaban J connectivity index is 2.62. The highest BCUT2D eigenvalue weighted by Gasteiger charge is 2.06. The monoisotopic (exact) mass is 204 g/mol. The number of hydrogen-bond donors (Lipinski definition) is 0. The number of carbonyl (C=O) groups excluding carboxylic acids is 1. The lowest BCUT2D eigenvalue weighted by molar-refractivity contribution is 0.0459. The Kier molecular flexibility index (Phi) is 4.10. The average Bonchev–Trinajstić information content (AvgIpc) is 2.26. The third kappa shape index (κ3) is 3.58. The smallest absolute Gasteiger partial charge is 0.338 e. The lowest BCUT2D eigenvalue weighted by Gasteiger charge is -2.06. The van der Waals surface area contributed by atoms with E-state index in [4.69, 9.17) is 4.74 Å². The van der Waals surface area contributed by atoms with E-state index >= 15 is 0 Å². The first-order chi connectivity index (χ1) is 7.13. The van der Waals surface area contributed by atoms with Gasteiger partial charge in [-0.15, -0.1) is 0 Å². The molecule has 0 unspecified atom stereocenters. The van der Waals surface area contributed by atoms with Gasteiger partial charge in [0.05, 0.1) is 12.2 Å². The molecule has 0 heterocycles. The molecule has 0 aliphatic heterocycles. The summed E-state index contributed by atoms with van der Waals surface area (Å²) in [6.45, 7) is 8.13. The summed E-state index contributed by atoms with van der Waals surface area (Å²) in [4.78, 5) is 11.5. The van der Waals surface area contributed by atoms with Crippen LogP contribution in [0.4, 0.5) is 0 Å². The van der Waals surface area contributed by atoms with Gasteiger partial charge in [-0.1, -0.05) is 38.6 Å². The third-order valence-corrected chi connectivity index (χ3v) is 1.93. The molecular weight excluding hydrogens is 188 g/mol. The van der Waals surface area contributed by atoms with Crippen LogP contribution in [0.3, 0.4) is 0 Å². The summed E-state index contributed by atoms with van der Waals surface area (Å²) < 4.78 is 5.10. The Labute approximate surface area is 90.6 Å². The SMILES string of the molecule is C=Cc1ccc(C(=O)OCC(C)C)cc1. The van der Waals surface area contributed by atoms with Crippen molar-refractivity contribution >= 4 is 12.0 Å². The molecular formula is C13H16O2. The van der Waals surface area contributed by atoms with Crippen LogP contribution in [-0.4, -0.2) is 12.6 Å². The van der Waals surface area contributed by atoms with Gasteiger partial charge in [0.25, 0.3) is 0 Å². The van der Waals surface area contributed by atoms with Crippen molar-refractivity contribution in [3.63, 3.8) is 0 Å². The van der Waals surface area contributed by atoms with Gasteiger partial charge in [-0.3, -0.25) is 0 Å². The summed E-state index contributed by atoms with van der Waals surface area (Å²) in [6.07, 6.45) is 1.74. The fourth-order valence-corrected chi connectivity index (χ4v) is 1.08. The maximum atomic E-state index is 11.5. The van der Waals surface area contributed by atoms with E-state index in [0.717, 1.165) is 5.56 Å². The second kappa shape index (κ2) is 5.35. The molecule has 0 atom stereocenters. The molecule has 15 heavy (non-hydrogen) atoms. The van der Waals surface area contributed by atoms with E-state index in [0.29, 0.717) is 18.1 Å². The Bertz CT molecular complexity index is 336. The van der Waals surface area contributed by atoms with E-state index in [1.165, 1.54) is 0 Å². The molecule has 0 radical (unpaired) electrons. The molecule has 0 aromatic heterocycles. The third-order valence-electron chi connectivity index (χ3n) is 1.93. The van der Waals surface area contributed by atoms with Crippen LogP contribution in [0.5, 0.6) is 0 Å². The van der Waals surface area contributed by atoms with Crippen LogP contribution in [0.2, 0.25) is 0 Å². The molecule has 0 saturated heterocycles. The minimum atomic E-state index is -0.265. The quantitative estimate of drug-likeness (QED) is 0.704. The van der Waals surface area contributed by atoms with Gasteiger partial charge in [0, 0.05) is 0 Å². The van der Waals surface area contributed by atoms with Crippen molar-refractivity contribution in [2.75, 3.05) is 6.61 Å². The van der Waals surface area contributed by atoms with Crippen LogP contribution in [-0.2, 0) is 4.74 Å². The number of benzene rings is 1. The van der Waals surface area contributed by atoms with Gasteiger partial charge in [-0.25, -0.2) is 4.79 Å². The highest BCUT2D eigenvalue weighted by molar-refractivity contribution is 5.89. The lowest BCUT2D eigenvalue weighted by atomic mass is 10.1. The van der Waals surface area contributed by atoms with Crippen LogP contribution in [0.25, 0.3) is 6.08 Å². The first kappa shape index (κ1) is 11.5. The standard InChI is InChI=1S/C13H16O2/c1-4-11-5-7-12(8-6-11)13(14)15-9-10(2)3/h4-8,10H,1,9H2,2-3H3. The second-order valence-corrected chi connectivity index (χ2v) is 3.82. The molecule has 0 aliphatic rings. The lowest BCUT2D eigenvalue weighted by Crippen LogP contribution is -2.09. The molecule has 2 heteroatoms. The molecule has 0 fully saturated rings. The van der Waals surface area contributed by atoms with Crippen molar-refractivity contribution in [2.24, 2.45) is 5.92 Å². The maximum Gasteiger partial charge on any atom is 0.338 e. The van der Waals surface area contributed by atoms with Crippen LogP contribution in [0.1, 0.15) is 29.8 Å².